The lowest BCUT2D eigenvalue weighted by Gasteiger charge is -2.17. The molecule has 0 fully saturated rings. The van der Waals surface area contributed by atoms with Gasteiger partial charge >= 0.3 is 12.4 Å². The summed E-state index contributed by atoms with van der Waals surface area (Å²) in [6.07, 6.45) is -7.08. The Labute approximate surface area is 199 Å². The highest BCUT2D eigenvalue weighted by Crippen LogP contribution is 2.45. The van der Waals surface area contributed by atoms with E-state index in [1.54, 1.807) is 0 Å². The van der Waals surface area contributed by atoms with Crippen molar-refractivity contribution >= 4 is 17.9 Å². The number of ether oxygens (including phenoxy) is 4. The van der Waals surface area contributed by atoms with E-state index in [0.717, 1.165) is 64.9 Å². The molecule has 0 saturated carbocycles. The van der Waals surface area contributed by atoms with Crippen molar-refractivity contribution in [1.29, 1.82) is 0 Å². The first-order valence-corrected chi connectivity index (χ1v) is 9.64. The Kier molecular flexibility index (Phi) is 8.60. The van der Waals surface area contributed by atoms with Crippen LogP contribution < -0.4 is 18.9 Å². The second-order valence-electron chi connectivity index (χ2n) is 6.85. The molecule has 196 valence electrons. The summed E-state index contributed by atoms with van der Waals surface area (Å²) in [7, 11) is 3.60. The molecule has 0 aliphatic heterocycles. The van der Waals surface area contributed by atoms with Gasteiger partial charge in [0.25, 0.3) is 0 Å². The quantitative estimate of drug-likeness (QED) is 0.297. The first-order valence-electron chi connectivity index (χ1n) is 9.64. The van der Waals surface area contributed by atoms with Gasteiger partial charge in [0.15, 0.2) is 28.9 Å². The van der Waals surface area contributed by atoms with E-state index in [9.17, 15) is 39.9 Å². The first kappa shape index (κ1) is 28.5. The smallest absolute Gasteiger partial charge is 0.422 e. The van der Waals surface area contributed by atoms with Crippen LogP contribution >= 0.6 is 0 Å². The Morgan fingerprint density at radius 1 is 0.667 bits per heavy atom. The van der Waals surface area contributed by atoms with Crippen LogP contribution in [0.15, 0.2) is 24.3 Å². The highest BCUT2D eigenvalue weighted by molar-refractivity contribution is 6.05. The van der Waals surface area contributed by atoms with Crippen LogP contribution in [-0.2, 0) is 17.1 Å². The van der Waals surface area contributed by atoms with Crippen LogP contribution in [0.2, 0.25) is 0 Å². The van der Waals surface area contributed by atoms with Crippen LogP contribution in [0.25, 0.3) is 12.2 Å². The minimum atomic E-state index is -5.16. The van der Waals surface area contributed by atoms with Gasteiger partial charge in [-0.15, -0.1) is 0 Å². The minimum absolute atomic E-state index is 0.370. The molecule has 0 bridgehead atoms. The van der Waals surface area contributed by atoms with E-state index >= 15 is 0 Å². The zero-order chi connectivity index (χ0) is 27.4. The third-order valence-corrected chi connectivity index (χ3v) is 4.69. The molecule has 0 radical (unpaired) electrons. The molecule has 0 aromatic heterocycles. The van der Waals surface area contributed by atoms with Crippen LogP contribution in [0, 0.1) is 11.6 Å². The van der Waals surface area contributed by atoms with E-state index in [1.165, 1.54) is 0 Å². The molecule has 0 aliphatic carbocycles. The molecule has 0 unspecified atom stereocenters. The lowest BCUT2D eigenvalue weighted by Crippen LogP contribution is -2.13. The van der Waals surface area contributed by atoms with Gasteiger partial charge in [-0.2, -0.15) is 26.3 Å². The van der Waals surface area contributed by atoms with Crippen LogP contribution in [0.4, 0.5) is 35.1 Å². The summed E-state index contributed by atoms with van der Waals surface area (Å²) in [4.78, 5) is 12.3. The average Bonchev–Trinajstić information content (AvgIpc) is 2.79. The maximum absolute atomic E-state index is 14.2. The van der Waals surface area contributed by atoms with E-state index in [0.29, 0.717) is 0 Å². The van der Waals surface area contributed by atoms with Crippen molar-refractivity contribution in [3.63, 3.8) is 0 Å². The number of halogens is 8. The third-order valence-electron chi connectivity index (χ3n) is 4.69. The fourth-order valence-corrected chi connectivity index (χ4v) is 3.16. The summed E-state index contributed by atoms with van der Waals surface area (Å²) in [5.41, 5.74) is -4.25. The Hall–Kier alpha value is -3.77. The summed E-state index contributed by atoms with van der Waals surface area (Å²) in [5, 5.41) is 0. The van der Waals surface area contributed by atoms with Crippen molar-refractivity contribution in [2.45, 2.75) is 12.4 Å². The number of methoxy groups -OCH3 is 4. The molecule has 2 aromatic carbocycles. The predicted octanol–water partition coefficient (Wildman–Crippen LogP) is 6.33. The van der Waals surface area contributed by atoms with Gasteiger partial charge in [-0.1, -0.05) is 0 Å². The van der Waals surface area contributed by atoms with Gasteiger partial charge in [0, 0.05) is 11.1 Å². The number of rotatable bonds is 8. The van der Waals surface area contributed by atoms with Gasteiger partial charge in [0.05, 0.1) is 28.4 Å². The van der Waals surface area contributed by atoms with Crippen molar-refractivity contribution in [2.24, 2.45) is 0 Å². The Morgan fingerprint density at radius 3 is 1.25 bits per heavy atom. The summed E-state index contributed by atoms with van der Waals surface area (Å²) in [6.45, 7) is 0. The fourth-order valence-electron chi connectivity index (χ4n) is 3.16. The lowest BCUT2D eigenvalue weighted by molar-refractivity contribution is -0.142. The van der Waals surface area contributed by atoms with Crippen molar-refractivity contribution in [2.75, 3.05) is 28.4 Å². The van der Waals surface area contributed by atoms with Crippen LogP contribution in [0.3, 0.4) is 0 Å². The summed E-state index contributed by atoms with van der Waals surface area (Å²) < 4.78 is 127. The zero-order valence-corrected chi connectivity index (χ0v) is 19.0. The van der Waals surface area contributed by atoms with Gasteiger partial charge in [-0.05, 0) is 36.4 Å². The first-order chi connectivity index (χ1) is 16.7. The number of hydrogen-bond donors (Lipinski definition) is 0. The maximum Gasteiger partial charge on any atom is 0.422 e. The van der Waals surface area contributed by atoms with Gasteiger partial charge in [-0.3, -0.25) is 4.79 Å². The largest absolute Gasteiger partial charge is 0.495 e. The number of alkyl halides is 6. The Morgan fingerprint density at radius 2 is 1.00 bits per heavy atom. The fraction of sp³-hybridized carbons (Fsp3) is 0.261. The Balaban J connectivity index is 2.53. The van der Waals surface area contributed by atoms with E-state index in [1.807, 2.05) is 0 Å². The number of carbonyl (C=O) groups excluding carboxylic acids is 1. The Bertz CT molecular complexity index is 1110. The highest BCUT2D eigenvalue weighted by atomic mass is 19.4. The number of ketones is 1. The van der Waals surface area contributed by atoms with Crippen molar-refractivity contribution in [3.05, 3.63) is 58.2 Å². The molecule has 2 rings (SSSR count). The molecule has 5 nitrogen and oxygen atoms in total. The van der Waals surface area contributed by atoms with Gasteiger partial charge in [0.2, 0.25) is 0 Å². The topological polar surface area (TPSA) is 54.0 Å². The molecule has 13 heteroatoms. The van der Waals surface area contributed by atoms with Crippen molar-refractivity contribution in [1.82, 2.24) is 0 Å². The number of allylic oxidation sites excluding steroid dienone is 2. The molecular formula is C23H18F8O5. The standard InChI is InChI=1S/C23H18F8O5/c1-33-14-9-11(20(35-3)16(18(14)24)22(26,27)28)5-7-13(32)8-6-12-10-15(34-2)19(25)17(21(12)36-4)23(29,30)31/h5-10H,1-4H3/b7-5+,8-6+. The number of hydrogen-bond acceptors (Lipinski definition) is 5. The summed E-state index contributed by atoms with van der Waals surface area (Å²) >= 11 is 0. The average molecular weight is 526 g/mol. The normalized spacial score (nSPS) is 12.3. The summed E-state index contributed by atoms with van der Waals surface area (Å²) in [5.74, 6) is -7.73. The second-order valence-corrected chi connectivity index (χ2v) is 6.85. The molecule has 2 aromatic rings. The van der Waals surface area contributed by atoms with E-state index in [4.69, 9.17) is 0 Å². The SMILES string of the molecule is COc1cc(/C=C/C(=O)/C=C/c2cc(OC)c(F)c(C(F)(F)F)c2OC)c(OC)c(C(F)(F)F)c1F. The van der Waals surface area contributed by atoms with Crippen LogP contribution in [-0.4, -0.2) is 34.2 Å². The molecule has 36 heavy (non-hydrogen) atoms. The van der Waals surface area contributed by atoms with E-state index < -0.39 is 63.9 Å². The van der Waals surface area contributed by atoms with Crippen molar-refractivity contribution in [3.8, 4) is 23.0 Å². The minimum Gasteiger partial charge on any atom is -0.495 e. The zero-order valence-electron chi connectivity index (χ0n) is 19.0. The monoisotopic (exact) mass is 526 g/mol. The van der Waals surface area contributed by atoms with Crippen molar-refractivity contribution < 1.29 is 58.9 Å². The highest BCUT2D eigenvalue weighted by Gasteiger charge is 2.41. The molecular weight excluding hydrogens is 508 g/mol. The predicted molar refractivity (Wildman–Crippen MR) is 112 cm³/mol. The molecule has 0 heterocycles. The number of carbonyl (C=O) groups is 1. The molecule has 0 atom stereocenters. The summed E-state index contributed by atoms with van der Waals surface area (Å²) in [6, 6.07) is 1.72. The molecule has 0 N–H and O–H groups in total. The van der Waals surface area contributed by atoms with Crippen LogP contribution in [0.1, 0.15) is 22.3 Å². The lowest BCUT2D eigenvalue weighted by atomic mass is 10.0. The molecule has 0 saturated heterocycles. The maximum atomic E-state index is 14.2. The third kappa shape index (κ3) is 5.89. The molecule has 0 spiro atoms. The van der Waals surface area contributed by atoms with Gasteiger partial charge in [0.1, 0.15) is 22.6 Å². The molecule has 0 aliphatic rings. The van der Waals surface area contributed by atoms with Crippen LogP contribution in [0.5, 0.6) is 23.0 Å². The van der Waals surface area contributed by atoms with E-state index in [-0.39, 0.29) is 11.1 Å². The number of benzene rings is 2. The molecule has 0 amide bonds. The van der Waals surface area contributed by atoms with Gasteiger partial charge < -0.3 is 18.9 Å². The van der Waals surface area contributed by atoms with E-state index in [2.05, 4.69) is 18.9 Å². The van der Waals surface area contributed by atoms with Gasteiger partial charge in [-0.25, -0.2) is 8.78 Å². The second kappa shape index (κ2) is 10.9.